The van der Waals surface area contributed by atoms with Gasteiger partial charge < -0.3 is 25.4 Å². The van der Waals surface area contributed by atoms with Crippen molar-refractivity contribution in [3.63, 3.8) is 0 Å². The van der Waals surface area contributed by atoms with Gasteiger partial charge in [0.25, 0.3) is 0 Å². The lowest BCUT2D eigenvalue weighted by Gasteiger charge is -2.12. The molecule has 0 saturated carbocycles. The lowest BCUT2D eigenvalue weighted by Crippen LogP contribution is -2.44. The van der Waals surface area contributed by atoms with E-state index in [4.69, 9.17) is 9.47 Å². The molecule has 0 spiro atoms. The third kappa shape index (κ3) is 8.06. The molecule has 3 N–H and O–H groups in total. The Labute approximate surface area is 137 Å². The van der Waals surface area contributed by atoms with E-state index < -0.39 is 0 Å². The van der Waals surface area contributed by atoms with Crippen LogP contribution in [0.3, 0.4) is 0 Å². The number of nitrogens with one attached hydrogen (secondary N) is 3. The Bertz CT molecular complexity index is 489. The number of benzene rings is 1. The maximum Gasteiger partial charge on any atom is 0.239 e. The molecule has 0 aromatic heterocycles. The first-order chi connectivity index (χ1) is 11.2. The average Bonchev–Trinajstić information content (AvgIpc) is 2.58. The van der Waals surface area contributed by atoms with Crippen molar-refractivity contribution < 1.29 is 14.3 Å². The largest absolute Gasteiger partial charge is 0.497 e. The number of aliphatic imine (C=N–C) groups is 1. The molecule has 0 radical (unpaired) electrons. The van der Waals surface area contributed by atoms with Crippen molar-refractivity contribution in [1.29, 1.82) is 0 Å². The van der Waals surface area contributed by atoms with Gasteiger partial charge in [-0.05, 0) is 24.1 Å². The highest BCUT2D eigenvalue weighted by molar-refractivity contribution is 5.86. The average molecular weight is 322 g/mol. The van der Waals surface area contributed by atoms with Crippen molar-refractivity contribution in [2.45, 2.75) is 6.42 Å². The Morgan fingerprint density at radius 3 is 2.43 bits per heavy atom. The normalized spacial score (nSPS) is 11.0. The van der Waals surface area contributed by atoms with Crippen LogP contribution in [0.15, 0.2) is 29.3 Å². The van der Waals surface area contributed by atoms with E-state index in [1.165, 1.54) is 5.56 Å². The number of nitrogens with zero attached hydrogens (tertiary/aromatic N) is 1. The molecule has 7 heteroatoms. The summed E-state index contributed by atoms with van der Waals surface area (Å²) in [6.45, 7) is 1.89. The Kier molecular flexibility index (Phi) is 9.23. The summed E-state index contributed by atoms with van der Waals surface area (Å²) in [5, 5.41) is 8.87. The molecular formula is C16H26N4O3. The third-order valence-corrected chi connectivity index (χ3v) is 3.13. The third-order valence-electron chi connectivity index (χ3n) is 3.13. The molecular weight excluding hydrogens is 296 g/mol. The van der Waals surface area contributed by atoms with Crippen LogP contribution in [-0.4, -0.2) is 59.4 Å². The minimum Gasteiger partial charge on any atom is -0.497 e. The molecule has 0 aliphatic rings. The number of carbonyl (C=O) groups is 1. The fourth-order valence-electron chi connectivity index (χ4n) is 1.86. The first-order valence-corrected chi connectivity index (χ1v) is 7.52. The van der Waals surface area contributed by atoms with Crippen molar-refractivity contribution in [3.05, 3.63) is 29.8 Å². The quantitative estimate of drug-likeness (QED) is 0.343. The Morgan fingerprint density at radius 1 is 1.09 bits per heavy atom. The van der Waals surface area contributed by atoms with Gasteiger partial charge >= 0.3 is 0 Å². The number of hydrogen-bond donors (Lipinski definition) is 3. The molecule has 128 valence electrons. The van der Waals surface area contributed by atoms with Crippen LogP contribution in [0.5, 0.6) is 5.75 Å². The Hall–Kier alpha value is -2.28. The molecule has 1 aromatic rings. The second-order valence-electron chi connectivity index (χ2n) is 4.79. The number of methoxy groups -OCH3 is 2. The van der Waals surface area contributed by atoms with E-state index >= 15 is 0 Å². The number of guanidine groups is 1. The van der Waals surface area contributed by atoms with Crippen molar-refractivity contribution >= 4 is 11.9 Å². The van der Waals surface area contributed by atoms with Gasteiger partial charge in [0.1, 0.15) is 5.75 Å². The van der Waals surface area contributed by atoms with Crippen LogP contribution in [0.1, 0.15) is 5.56 Å². The van der Waals surface area contributed by atoms with E-state index in [1.807, 2.05) is 24.3 Å². The van der Waals surface area contributed by atoms with Gasteiger partial charge in [-0.2, -0.15) is 0 Å². The second kappa shape index (κ2) is 11.3. The van der Waals surface area contributed by atoms with Gasteiger partial charge in [-0.1, -0.05) is 12.1 Å². The second-order valence-corrected chi connectivity index (χ2v) is 4.79. The molecule has 0 unspecified atom stereocenters. The number of carbonyl (C=O) groups excluding carboxylic acids is 1. The van der Waals surface area contributed by atoms with Gasteiger partial charge in [-0.25, -0.2) is 0 Å². The van der Waals surface area contributed by atoms with E-state index in [0.717, 1.165) is 18.7 Å². The maximum atomic E-state index is 11.6. The molecule has 1 amide bonds. The fraction of sp³-hybridized carbons (Fsp3) is 0.500. The molecule has 0 fully saturated rings. The van der Waals surface area contributed by atoms with E-state index in [0.29, 0.717) is 19.1 Å². The summed E-state index contributed by atoms with van der Waals surface area (Å²) in [6.07, 6.45) is 0.852. The van der Waals surface area contributed by atoms with E-state index in [2.05, 4.69) is 20.9 Å². The zero-order valence-corrected chi connectivity index (χ0v) is 14.0. The predicted molar refractivity (Wildman–Crippen MR) is 90.9 cm³/mol. The first kappa shape index (κ1) is 18.8. The summed E-state index contributed by atoms with van der Waals surface area (Å²) in [5.74, 6) is 1.35. The summed E-state index contributed by atoms with van der Waals surface area (Å²) >= 11 is 0. The lowest BCUT2D eigenvalue weighted by molar-refractivity contribution is -0.120. The molecule has 0 heterocycles. The number of rotatable bonds is 9. The highest BCUT2D eigenvalue weighted by atomic mass is 16.5. The van der Waals surface area contributed by atoms with Gasteiger partial charge in [0, 0.05) is 27.2 Å². The molecule has 23 heavy (non-hydrogen) atoms. The zero-order valence-electron chi connectivity index (χ0n) is 14.0. The molecule has 0 bridgehead atoms. The zero-order chi connectivity index (χ0) is 16.9. The highest BCUT2D eigenvalue weighted by Gasteiger charge is 2.03. The van der Waals surface area contributed by atoms with Gasteiger partial charge in [0.2, 0.25) is 5.91 Å². The van der Waals surface area contributed by atoms with Gasteiger partial charge in [-0.15, -0.1) is 0 Å². The van der Waals surface area contributed by atoms with Gasteiger partial charge in [-0.3, -0.25) is 9.79 Å². The maximum absolute atomic E-state index is 11.6. The SMILES string of the molecule is CN=C(NCCc1ccc(OC)cc1)NCC(=O)NCCOC. The fourth-order valence-corrected chi connectivity index (χ4v) is 1.86. The van der Waals surface area contributed by atoms with Crippen molar-refractivity contribution in [1.82, 2.24) is 16.0 Å². The molecule has 0 atom stereocenters. The van der Waals surface area contributed by atoms with Crippen molar-refractivity contribution in [2.75, 3.05) is 47.5 Å². The Morgan fingerprint density at radius 2 is 1.83 bits per heavy atom. The van der Waals surface area contributed by atoms with Gasteiger partial charge in [0.05, 0.1) is 20.3 Å². The summed E-state index contributed by atoms with van der Waals surface area (Å²) in [6, 6.07) is 7.93. The number of hydrogen-bond acceptors (Lipinski definition) is 4. The van der Waals surface area contributed by atoms with E-state index in [-0.39, 0.29) is 12.5 Å². The van der Waals surface area contributed by atoms with Crippen molar-refractivity contribution in [3.8, 4) is 5.75 Å². The van der Waals surface area contributed by atoms with Crippen LogP contribution < -0.4 is 20.7 Å². The highest BCUT2D eigenvalue weighted by Crippen LogP contribution is 2.11. The summed E-state index contributed by atoms with van der Waals surface area (Å²) in [5.41, 5.74) is 1.20. The van der Waals surface area contributed by atoms with E-state index in [1.54, 1.807) is 21.3 Å². The smallest absolute Gasteiger partial charge is 0.239 e. The van der Waals surface area contributed by atoms with Crippen LogP contribution in [0, 0.1) is 0 Å². The standard InChI is InChI=1S/C16H26N4O3/c1-17-16(20-12-15(21)18-10-11-22-2)19-9-8-13-4-6-14(23-3)7-5-13/h4-7H,8-12H2,1-3H3,(H,18,21)(H2,17,19,20). The number of ether oxygens (including phenoxy) is 2. The lowest BCUT2D eigenvalue weighted by atomic mass is 10.1. The van der Waals surface area contributed by atoms with E-state index in [9.17, 15) is 4.79 Å². The van der Waals surface area contributed by atoms with Crippen LogP contribution >= 0.6 is 0 Å². The minimum absolute atomic E-state index is 0.0971. The monoisotopic (exact) mass is 322 g/mol. The van der Waals surface area contributed by atoms with Crippen molar-refractivity contribution in [2.24, 2.45) is 4.99 Å². The molecule has 1 aromatic carbocycles. The minimum atomic E-state index is -0.0971. The first-order valence-electron chi connectivity index (χ1n) is 7.52. The molecule has 0 aliphatic carbocycles. The molecule has 7 nitrogen and oxygen atoms in total. The molecule has 0 aliphatic heterocycles. The van der Waals surface area contributed by atoms with Crippen LogP contribution in [0.25, 0.3) is 0 Å². The topological polar surface area (TPSA) is 84.0 Å². The summed E-state index contributed by atoms with van der Waals surface area (Å²) in [7, 11) is 4.92. The van der Waals surface area contributed by atoms with Crippen LogP contribution in [0.4, 0.5) is 0 Å². The predicted octanol–water partition coefficient (Wildman–Crippen LogP) is 0.165. The van der Waals surface area contributed by atoms with Crippen LogP contribution in [0.2, 0.25) is 0 Å². The summed E-state index contributed by atoms with van der Waals surface area (Å²) < 4.78 is 10.00. The number of amides is 1. The van der Waals surface area contributed by atoms with Crippen LogP contribution in [-0.2, 0) is 16.0 Å². The van der Waals surface area contributed by atoms with Gasteiger partial charge in [0.15, 0.2) is 5.96 Å². The Balaban J connectivity index is 2.24. The summed E-state index contributed by atoms with van der Waals surface area (Å²) in [4.78, 5) is 15.7. The molecule has 0 saturated heterocycles. The molecule has 1 rings (SSSR count).